The van der Waals surface area contributed by atoms with Crippen LogP contribution in [0, 0.1) is 0 Å². The zero-order valence-electron chi connectivity index (χ0n) is 5.11. The normalized spacial score (nSPS) is 19.1. The summed E-state index contributed by atoms with van der Waals surface area (Å²) in [6.07, 6.45) is 1.68. The molecule has 0 aromatic heterocycles. The number of hydrogen-bond acceptors (Lipinski definition) is 2. The van der Waals surface area contributed by atoms with Crippen molar-refractivity contribution in [3.63, 3.8) is 0 Å². The van der Waals surface area contributed by atoms with Crippen molar-refractivity contribution in [1.82, 2.24) is 5.32 Å². The lowest BCUT2D eigenvalue weighted by molar-refractivity contribution is 0.416. The maximum atomic E-state index is 9.03. The van der Waals surface area contributed by atoms with E-state index >= 15 is 0 Å². The molecule has 1 aliphatic heterocycles. The second kappa shape index (κ2) is 2.31. The Kier molecular flexibility index (Phi) is 1.67. The van der Waals surface area contributed by atoms with Gasteiger partial charge in [-0.3, -0.25) is 0 Å². The van der Waals surface area contributed by atoms with Gasteiger partial charge in [0.05, 0.1) is 0 Å². The lowest BCUT2D eigenvalue weighted by atomic mass is 10.2. The number of hydrogen-bond donors (Lipinski definition) is 2. The molecule has 0 amide bonds. The van der Waals surface area contributed by atoms with E-state index in [9.17, 15) is 0 Å². The number of dihydropyridines is 1. The number of aliphatic hydroxyl groups excluding tert-OH is 1. The van der Waals surface area contributed by atoms with Crippen LogP contribution in [0.4, 0.5) is 0 Å². The van der Waals surface area contributed by atoms with Crippen molar-refractivity contribution >= 4 is 11.6 Å². The molecule has 0 fully saturated rings. The molecule has 2 N–H and O–H groups in total. The van der Waals surface area contributed by atoms with Crippen molar-refractivity contribution in [1.29, 1.82) is 0 Å². The van der Waals surface area contributed by atoms with Gasteiger partial charge in [0, 0.05) is 12.1 Å². The zero-order chi connectivity index (χ0) is 6.85. The molecule has 0 aliphatic carbocycles. The van der Waals surface area contributed by atoms with Crippen LogP contribution >= 0.6 is 11.6 Å². The van der Waals surface area contributed by atoms with E-state index in [-0.39, 0.29) is 5.76 Å². The molecule has 0 radical (unpaired) electrons. The summed E-state index contributed by atoms with van der Waals surface area (Å²) in [5.41, 5.74) is 0.711. The topological polar surface area (TPSA) is 32.3 Å². The molecule has 0 bridgehead atoms. The maximum Gasteiger partial charge on any atom is 0.119 e. The van der Waals surface area contributed by atoms with Crippen molar-refractivity contribution in [3.05, 3.63) is 22.6 Å². The number of allylic oxidation sites excluding steroid dienone is 1. The summed E-state index contributed by atoms with van der Waals surface area (Å²) in [7, 11) is 0. The van der Waals surface area contributed by atoms with Gasteiger partial charge in [-0.2, -0.15) is 0 Å². The van der Waals surface area contributed by atoms with Gasteiger partial charge in [0.25, 0.3) is 0 Å². The van der Waals surface area contributed by atoms with Crippen LogP contribution in [0.15, 0.2) is 22.6 Å². The first-order valence-corrected chi connectivity index (χ1v) is 3.09. The predicted molar refractivity (Wildman–Crippen MR) is 37.3 cm³/mol. The van der Waals surface area contributed by atoms with E-state index in [0.717, 1.165) is 0 Å². The summed E-state index contributed by atoms with van der Waals surface area (Å²) >= 11 is 5.63. The summed E-state index contributed by atoms with van der Waals surface area (Å²) < 4.78 is 0. The van der Waals surface area contributed by atoms with Gasteiger partial charge < -0.3 is 10.4 Å². The molecule has 0 saturated carbocycles. The lowest BCUT2D eigenvalue weighted by Crippen LogP contribution is -2.16. The Labute approximate surface area is 58.8 Å². The second-order valence-electron chi connectivity index (χ2n) is 1.91. The van der Waals surface area contributed by atoms with Crippen molar-refractivity contribution in [3.8, 4) is 0 Å². The quantitative estimate of drug-likeness (QED) is 0.507. The summed E-state index contributed by atoms with van der Waals surface area (Å²) in [6.45, 7) is 2.38. The molecule has 1 heterocycles. The minimum Gasteiger partial charge on any atom is -0.508 e. The Morgan fingerprint density at radius 3 is 2.89 bits per heavy atom. The Bertz CT molecular complexity index is 183. The first-order valence-electron chi connectivity index (χ1n) is 2.71. The molecular weight excluding hydrogens is 138 g/mol. The van der Waals surface area contributed by atoms with Gasteiger partial charge in [0.15, 0.2) is 0 Å². The molecule has 9 heavy (non-hydrogen) atoms. The van der Waals surface area contributed by atoms with E-state index in [1.807, 2.05) is 0 Å². The molecular formula is C6H8ClNO. The molecule has 0 atom stereocenters. The molecule has 0 spiro atoms. The Morgan fingerprint density at radius 1 is 1.78 bits per heavy atom. The van der Waals surface area contributed by atoms with Gasteiger partial charge >= 0.3 is 0 Å². The third kappa shape index (κ3) is 1.19. The molecule has 2 nitrogen and oxygen atoms in total. The Morgan fingerprint density at radius 2 is 2.44 bits per heavy atom. The minimum absolute atomic E-state index is 0.277. The Balaban J connectivity index is 2.88. The van der Waals surface area contributed by atoms with Gasteiger partial charge in [-0.15, -0.1) is 0 Å². The van der Waals surface area contributed by atoms with E-state index in [0.29, 0.717) is 17.3 Å². The van der Waals surface area contributed by atoms with Crippen molar-refractivity contribution in [2.75, 3.05) is 6.54 Å². The van der Waals surface area contributed by atoms with Gasteiger partial charge in [0.1, 0.15) is 10.9 Å². The van der Waals surface area contributed by atoms with Crippen molar-refractivity contribution in [2.24, 2.45) is 0 Å². The van der Waals surface area contributed by atoms with Crippen LogP contribution in [0.1, 0.15) is 6.92 Å². The number of halogens is 1. The van der Waals surface area contributed by atoms with Gasteiger partial charge in [-0.25, -0.2) is 0 Å². The van der Waals surface area contributed by atoms with E-state index in [1.165, 1.54) is 0 Å². The largest absolute Gasteiger partial charge is 0.508 e. The maximum absolute atomic E-state index is 9.03. The zero-order valence-corrected chi connectivity index (χ0v) is 5.87. The third-order valence-electron chi connectivity index (χ3n) is 1.27. The molecule has 0 aromatic rings. The van der Waals surface area contributed by atoms with Gasteiger partial charge in [0.2, 0.25) is 0 Å². The van der Waals surface area contributed by atoms with Crippen LogP contribution in [-0.2, 0) is 0 Å². The molecule has 3 heteroatoms. The van der Waals surface area contributed by atoms with E-state index in [1.54, 1.807) is 13.0 Å². The predicted octanol–water partition coefficient (Wildman–Crippen LogP) is 1.50. The van der Waals surface area contributed by atoms with Crippen molar-refractivity contribution < 1.29 is 5.11 Å². The fourth-order valence-electron chi connectivity index (χ4n) is 0.635. The summed E-state index contributed by atoms with van der Waals surface area (Å²) in [5.74, 6) is 0.277. The lowest BCUT2D eigenvalue weighted by Gasteiger charge is -2.11. The summed E-state index contributed by atoms with van der Waals surface area (Å²) in [4.78, 5) is 0. The SMILES string of the molecule is CC1=C(Cl)NCC=C1O. The minimum atomic E-state index is 0.277. The van der Waals surface area contributed by atoms with Gasteiger partial charge in [-0.1, -0.05) is 11.6 Å². The van der Waals surface area contributed by atoms with E-state index in [2.05, 4.69) is 5.32 Å². The summed E-state index contributed by atoms with van der Waals surface area (Å²) in [5, 5.41) is 12.4. The highest BCUT2D eigenvalue weighted by Crippen LogP contribution is 2.15. The molecule has 0 unspecified atom stereocenters. The second-order valence-corrected chi connectivity index (χ2v) is 2.29. The number of rotatable bonds is 0. The summed E-state index contributed by atoms with van der Waals surface area (Å²) in [6, 6.07) is 0. The van der Waals surface area contributed by atoms with Crippen LogP contribution in [-0.4, -0.2) is 11.7 Å². The fraction of sp³-hybridized carbons (Fsp3) is 0.333. The van der Waals surface area contributed by atoms with Crippen LogP contribution in [0.2, 0.25) is 0 Å². The van der Waals surface area contributed by atoms with Crippen LogP contribution in [0.5, 0.6) is 0 Å². The van der Waals surface area contributed by atoms with Gasteiger partial charge in [-0.05, 0) is 13.0 Å². The first-order chi connectivity index (χ1) is 4.22. The molecule has 0 saturated heterocycles. The first kappa shape index (κ1) is 6.49. The van der Waals surface area contributed by atoms with Crippen molar-refractivity contribution in [2.45, 2.75) is 6.92 Å². The monoisotopic (exact) mass is 145 g/mol. The molecule has 50 valence electrons. The third-order valence-corrected chi connectivity index (χ3v) is 1.68. The van der Waals surface area contributed by atoms with E-state index < -0.39 is 0 Å². The standard InChI is InChI=1S/C6H8ClNO/c1-4-5(9)2-3-8-6(4)7/h2,8-9H,3H2,1H3. The molecule has 0 aromatic carbocycles. The van der Waals surface area contributed by atoms with E-state index in [4.69, 9.17) is 16.7 Å². The van der Waals surface area contributed by atoms with Crippen LogP contribution in [0.25, 0.3) is 0 Å². The highest BCUT2D eigenvalue weighted by molar-refractivity contribution is 6.29. The average molecular weight is 146 g/mol. The number of aliphatic hydroxyl groups is 1. The smallest absolute Gasteiger partial charge is 0.119 e. The fourth-order valence-corrected chi connectivity index (χ4v) is 0.809. The highest BCUT2D eigenvalue weighted by atomic mass is 35.5. The molecule has 1 aliphatic rings. The Hall–Kier alpha value is -0.630. The number of nitrogens with one attached hydrogen (secondary N) is 1. The van der Waals surface area contributed by atoms with Crippen LogP contribution < -0.4 is 5.32 Å². The highest BCUT2D eigenvalue weighted by Gasteiger charge is 2.06. The average Bonchev–Trinajstić information content (AvgIpc) is 1.83. The molecule has 1 rings (SSSR count). The van der Waals surface area contributed by atoms with Crippen LogP contribution in [0.3, 0.4) is 0 Å².